The highest BCUT2D eigenvalue weighted by atomic mass is 32.2. The number of ether oxygens (including phenoxy) is 4. The largest absolute Gasteiger partial charge is 0.497 e. The number of hydrogen-bond acceptors (Lipinski definition) is 8. The minimum Gasteiger partial charge on any atom is -0.497 e. The number of carboxylic acids is 1. The number of aliphatic carboxylic acids is 1. The minimum absolute atomic E-state index is 0.284. The summed E-state index contributed by atoms with van der Waals surface area (Å²) in [5.74, 6) is -0.753. The summed E-state index contributed by atoms with van der Waals surface area (Å²) in [6.45, 7) is 7.42. The van der Waals surface area contributed by atoms with Gasteiger partial charge in [0.1, 0.15) is 22.8 Å². The van der Waals surface area contributed by atoms with Gasteiger partial charge in [0, 0.05) is 13.0 Å². The zero-order valence-electron chi connectivity index (χ0n) is 19.1. The van der Waals surface area contributed by atoms with E-state index in [2.05, 4.69) is 4.99 Å². The first-order chi connectivity index (χ1) is 15.0. The van der Waals surface area contributed by atoms with Crippen molar-refractivity contribution in [3.63, 3.8) is 0 Å². The van der Waals surface area contributed by atoms with Crippen molar-refractivity contribution in [3.05, 3.63) is 29.8 Å². The number of amidine groups is 1. The van der Waals surface area contributed by atoms with Gasteiger partial charge < -0.3 is 24.1 Å². The number of carbonyl (C=O) groups excluding carboxylic acids is 1. The van der Waals surface area contributed by atoms with E-state index in [1.54, 1.807) is 41.9 Å². The molecule has 0 unspecified atom stereocenters. The lowest BCUT2D eigenvalue weighted by Gasteiger charge is -2.39. The first-order valence-electron chi connectivity index (χ1n) is 10.3. The van der Waals surface area contributed by atoms with E-state index in [0.29, 0.717) is 5.17 Å². The first-order valence-corrected chi connectivity index (χ1v) is 11.2. The molecule has 0 saturated carbocycles. The molecule has 1 fully saturated rings. The second-order valence-corrected chi connectivity index (χ2v) is 9.87. The molecule has 3 rings (SSSR count). The van der Waals surface area contributed by atoms with Gasteiger partial charge in [-0.1, -0.05) is 30.8 Å². The lowest BCUT2D eigenvalue weighted by Crippen LogP contribution is -2.53. The maximum absolute atomic E-state index is 12.5. The number of carbonyl (C=O) groups is 2. The highest BCUT2D eigenvalue weighted by Crippen LogP contribution is 2.41. The summed E-state index contributed by atoms with van der Waals surface area (Å²) in [5, 5.41) is 10.1. The summed E-state index contributed by atoms with van der Waals surface area (Å²) < 4.78 is 22.6. The summed E-state index contributed by atoms with van der Waals surface area (Å²) in [6.07, 6.45) is -2.08. The number of fused-ring (bicyclic) bond motifs is 1. The van der Waals surface area contributed by atoms with Gasteiger partial charge in [-0.25, -0.2) is 9.59 Å². The fourth-order valence-electron chi connectivity index (χ4n) is 3.50. The van der Waals surface area contributed by atoms with Crippen LogP contribution in [0, 0.1) is 5.92 Å². The van der Waals surface area contributed by atoms with Gasteiger partial charge in [-0.15, -0.1) is 0 Å². The smallest absolute Gasteiger partial charge is 0.416 e. The Bertz CT molecular complexity index is 868. The summed E-state index contributed by atoms with van der Waals surface area (Å²) in [5.41, 5.74) is -0.299. The number of aliphatic imine (C=N–C) groups is 1. The number of nitrogens with zero attached hydrogens (tertiary/aromatic N) is 2. The molecule has 0 aliphatic carbocycles. The maximum atomic E-state index is 12.5. The molecule has 0 aromatic heterocycles. The van der Waals surface area contributed by atoms with Crippen LogP contribution in [0.4, 0.5) is 4.79 Å². The third kappa shape index (κ3) is 5.54. The van der Waals surface area contributed by atoms with Crippen LogP contribution in [-0.2, 0) is 25.6 Å². The molecule has 1 saturated heterocycles. The van der Waals surface area contributed by atoms with Crippen molar-refractivity contribution < 1.29 is 33.6 Å². The monoisotopic (exact) mass is 466 g/mol. The van der Waals surface area contributed by atoms with Crippen LogP contribution >= 0.6 is 11.8 Å². The number of rotatable bonds is 5. The van der Waals surface area contributed by atoms with Gasteiger partial charge in [-0.3, -0.25) is 9.89 Å². The van der Waals surface area contributed by atoms with Crippen molar-refractivity contribution >= 4 is 29.0 Å². The Kier molecular flexibility index (Phi) is 7.36. The fraction of sp³-hybridized carbons (Fsp3) is 0.591. The lowest BCUT2D eigenvalue weighted by atomic mass is 9.90. The van der Waals surface area contributed by atoms with E-state index >= 15 is 0 Å². The molecule has 32 heavy (non-hydrogen) atoms. The predicted molar refractivity (Wildman–Crippen MR) is 120 cm³/mol. The van der Waals surface area contributed by atoms with Crippen LogP contribution in [0.2, 0.25) is 0 Å². The van der Waals surface area contributed by atoms with Gasteiger partial charge in [0.15, 0.2) is 11.3 Å². The minimum atomic E-state index is -1.05. The molecule has 1 amide bonds. The van der Waals surface area contributed by atoms with Crippen LogP contribution in [-0.4, -0.2) is 70.7 Å². The van der Waals surface area contributed by atoms with E-state index in [9.17, 15) is 14.7 Å². The quantitative estimate of drug-likeness (QED) is 0.704. The third-order valence-electron chi connectivity index (χ3n) is 5.17. The van der Waals surface area contributed by atoms with Gasteiger partial charge in [0.05, 0.1) is 19.8 Å². The Balaban J connectivity index is 1.78. The van der Waals surface area contributed by atoms with E-state index in [0.717, 1.165) is 11.3 Å². The van der Waals surface area contributed by atoms with E-state index in [4.69, 9.17) is 18.9 Å². The van der Waals surface area contributed by atoms with Gasteiger partial charge in [-0.2, -0.15) is 0 Å². The van der Waals surface area contributed by atoms with E-state index < -0.39 is 47.3 Å². The highest BCUT2D eigenvalue weighted by Gasteiger charge is 2.51. The van der Waals surface area contributed by atoms with Gasteiger partial charge in [0.2, 0.25) is 0 Å². The molecule has 9 nitrogen and oxygen atoms in total. The molecule has 0 bridgehead atoms. The zero-order chi connectivity index (χ0) is 23.6. The SMILES string of the molecule is COc1ccc(CO[C@H]2[C@H](C)[C@@H](C(=O)O)O[C@@H]3SC(N(C)C(=O)OC(C)(C)C)=N[C@H]23)cc1. The molecule has 10 heteroatoms. The summed E-state index contributed by atoms with van der Waals surface area (Å²) in [4.78, 5) is 30.3. The Morgan fingerprint density at radius 2 is 1.91 bits per heavy atom. The lowest BCUT2D eigenvalue weighted by molar-refractivity contribution is -0.176. The summed E-state index contributed by atoms with van der Waals surface area (Å²) in [7, 11) is 3.17. The van der Waals surface area contributed by atoms with Crippen LogP contribution in [0.1, 0.15) is 33.3 Å². The molecular weight excluding hydrogens is 436 g/mol. The van der Waals surface area contributed by atoms with E-state index in [-0.39, 0.29) is 6.61 Å². The van der Waals surface area contributed by atoms with Gasteiger partial charge in [0.25, 0.3) is 0 Å². The number of methoxy groups -OCH3 is 1. The molecular formula is C22H30N2O7S. The second-order valence-electron chi connectivity index (χ2n) is 8.81. The number of carboxylic acid groups (broad SMARTS) is 1. The highest BCUT2D eigenvalue weighted by molar-refractivity contribution is 8.14. The van der Waals surface area contributed by atoms with Crippen molar-refractivity contribution in [1.82, 2.24) is 4.90 Å². The van der Waals surface area contributed by atoms with E-state index in [1.807, 2.05) is 24.3 Å². The maximum Gasteiger partial charge on any atom is 0.416 e. The molecule has 2 aliphatic heterocycles. The second kappa shape index (κ2) is 9.68. The van der Waals surface area contributed by atoms with Crippen LogP contribution in [0.25, 0.3) is 0 Å². The molecule has 0 radical (unpaired) electrons. The first kappa shape index (κ1) is 24.3. The number of hydrogen-bond donors (Lipinski definition) is 1. The predicted octanol–water partition coefficient (Wildman–Crippen LogP) is 3.36. The van der Waals surface area contributed by atoms with Crippen LogP contribution in [0.5, 0.6) is 5.75 Å². The Hall–Kier alpha value is -2.30. The number of benzene rings is 1. The van der Waals surface area contributed by atoms with Crippen molar-refractivity contribution in [2.24, 2.45) is 10.9 Å². The van der Waals surface area contributed by atoms with E-state index in [1.165, 1.54) is 16.7 Å². The topological polar surface area (TPSA) is 107 Å². The van der Waals surface area contributed by atoms with Crippen LogP contribution < -0.4 is 4.74 Å². The molecule has 1 aromatic rings. The fourth-order valence-corrected chi connectivity index (χ4v) is 4.66. The molecule has 1 aromatic carbocycles. The normalized spacial score (nSPS) is 27.3. The molecule has 176 valence electrons. The Morgan fingerprint density at radius 1 is 1.25 bits per heavy atom. The molecule has 1 N–H and O–H groups in total. The standard InChI is InChI=1S/C22H30N2O7S/c1-12-16(29-11-13-7-9-14(28-6)10-8-13)15-19(30-17(12)18(25)26)32-20(23-15)24(5)21(27)31-22(2,3)4/h7-10,12,15-17,19H,11H2,1-6H3,(H,25,26)/t12-,15+,16-,17-,19+/m0/s1. The Labute approximate surface area is 192 Å². The van der Waals surface area contributed by atoms with Crippen molar-refractivity contribution in [3.8, 4) is 5.75 Å². The summed E-state index contributed by atoms with van der Waals surface area (Å²) in [6, 6.07) is 7.01. The van der Waals surface area contributed by atoms with Crippen molar-refractivity contribution in [1.29, 1.82) is 0 Å². The van der Waals surface area contributed by atoms with Crippen LogP contribution in [0.3, 0.4) is 0 Å². The third-order valence-corrected chi connectivity index (χ3v) is 6.38. The summed E-state index contributed by atoms with van der Waals surface area (Å²) >= 11 is 1.20. The zero-order valence-corrected chi connectivity index (χ0v) is 19.9. The molecule has 5 atom stereocenters. The molecule has 2 aliphatic rings. The van der Waals surface area contributed by atoms with Gasteiger partial charge in [-0.05, 0) is 38.5 Å². The van der Waals surface area contributed by atoms with Crippen molar-refractivity contribution in [2.75, 3.05) is 14.2 Å². The molecule has 0 spiro atoms. The average molecular weight is 467 g/mol. The van der Waals surface area contributed by atoms with Crippen molar-refractivity contribution in [2.45, 2.75) is 63.6 Å². The number of amides is 1. The molecule has 2 heterocycles. The van der Waals surface area contributed by atoms with Crippen LogP contribution in [0.15, 0.2) is 29.3 Å². The average Bonchev–Trinajstić information content (AvgIpc) is 3.15. The van der Waals surface area contributed by atoms with Gasteiger partial charge >= 0.3 is 12.1 Å². The Morgan fingerprint density at radius 3 is 2.47 bits per heavy atom. The number of thioether (sulfide) groups is 1.